The summed E-state index contributed by atoms with van der Waals surface area (Å²) in [6, 6.07) is 27.9. The van der Waals surface area contributed by atoms with E-state index in [1.165, 1.54) is 89.3 Å². The van der Waals surface area contributed by atoms with E-state index in [2.05, 4.69) is 194 Å². The average Bonchev–Trinajstić information content (AvgIpc) is 3.62. The summed E-state index contributed by atoms with van der Waals surface area (Å²) in [7, 11) is 0. The summed E-state index contributed by atoms with van der Waals surface area (Å²) in [6.45, 7) is 41.6. The van der Waals surface area contributed by atoms with Crippen LogP contribution in [0.1, 0.15) is 187 Å². The molecule has 0 unspecified atom stereocenters. The fourth-order valence-electron chi connectivity index (χ4n) is 15.7. The molecule has 320 valence electrons. The molecule has 0 bridgehead atoms. The van der Waals surface area contributed by atoms with Gasteiger partial charge in [0.1, 0.15) is 5.82 Å². The van der Waals surface area contributed by atoms with Crippen LogP contribution in [-0.2, 0) is 43.3 Å². The first-order valence-electron chi connectivity index (χ1n) is 23.8. The zero-order chi connectivity index (χ0) is 44.4. The normalized spacial score (nSPS) is 23.3. The summed E-state index contributed by atoms with van der Waals surface area (Å²) < 4.78 is 0. The Morgan fingerprint density at radius 1 is 0.387 bits per heavy atom. The molecular formula is C58H70BN3. The number of nitrogens with zero attached hydrogens (tertiary/aromatic N) is 3. The van der Waals surface area contributed by atoms with E-state index in [-0.39, 0.29) is 50.0 Å². The largest absolute Gasteiger partial charge is 0.311 e. The van der Waals surface area contributed by atoms with E-state index in [1.807, 2.05) is 0 Å². The number of hydrogen-bond donors (Lipinski definition) is 0. The highest BCUT2D eigenvalue weighted by Crippen LogP contribution is 2.57. The summed E-state index contributed by atoms with van der Waals surface area (Å²) in [5.74, 6) is 1.08. The first-order valence-corrected chi connectivity index (χ1v) is 23.8. The Bertz CT molecular complexity index is 2650. The zero-order valence-electron chi connectivity index (χ0n) is 41.1. The monoisotopic (exact) mass is 820 g/mol. The van der Waals surface area contributed by atoms with E-state index in [9.17, 15) is 0 Å². The lowest BCUT2D eigenvalue weighted by atomic mass is 9.33. The highest BCUT2D eigenvalue weighted by atomic mass is 15.2. The average molecular weight is 820 g/mol. The van der Waals surface area contributed by atoms with Gasteiger partial charge in [0.15, 0.2) is 0 Å². The third-order valence-electron chi connectivity index (χ3n) is 17.2. The summed E-state index contributed by atoms with van der Waals surface area (Å²) in [6.07, 6.45) is 4.56. The van der Waals surface area contributed by atoms with Gasteiger partial charge < -0.3 is 4.90 Å². The summed E-state index contributed by atoms with van der Waals surface area (Å²) in [5.41, 5.74) is 24.2. The molecule has 2 aliphatic heterocycles. The van der Waals surface area contributed by atoms with Crippen LogP contribution in [0.15, 0.2) is 66.7 Å². The Labute approximate surface area is 374 Å². The number of aryl methyl sites for hydroxylation is 1. The zero-order valence-corrected chi connectivity index (χ0v) is 41.1. The van der Waals surface area contributed by atoms with E-state index in [4.69, 9.17) is 4.98 Å². The fraction of sp³-hybridized carbons (Fsp3) is 0.500. The van der Waals surface area contributed by atoms with Gasteiger partial charge in [0.05, 0.1) is 0 Å². The van der Waals surface area contributed by atoms with Crippen LogP contribution in [-0.4, -0.2) is 11.7 Å². The molecule has 5 aromatic rings. The van der Waals surface area contributed by atoms with E-state index < -0.39 is 0 Å². The van der Waals surface area contributed by atoms with Crippen LogP contribution in [0.5, 0.6) is 0 Å². The number of pyridine rings is 1. The SMILES string of the molecule is Cc1cc2c3c(n1)N(c1ccc4c(c1)C(C)(C)CC4(C)C)c1cc4c(cc1B3c1cc3c(cc1N2c1ccc2c(c1)C(C)(C)CC2(C)C)C(C)(C)CC3(C)C)C(C)(C)CC4(C)C. The molecule has 4 aliphatic carbocycles. The molecular weight excluding hydrogens is 749 g/mol. The van der Waals surface area contributed by atoms with E-state index in [0.29, 0.717) is 0 Å². The predicted octanol–water partition coefficient (Wildman–Crippen LogP) is 13.3. The topological polar surface area (TPSA) is 19.4 Å². The van der Waals surface area contributed by atoms with Crippen molar-refractivity contribution >= 4 is 57.4 Å². The van der Waals surface area contributed by atoms with Crippen molar-refractivity contribution in [3.8, 4) is 0 Å². The van der Waals surface area contributed by atoms with Gasteiger partial charge in [-0.2, -0.15) is 0 Å². The van der Waals surface area contributed by atoms with E-state index in [1.54, 1.807) is 0 Å². The lowest BCUT2D eigenvalue weighted by molar-refractivity contribution is 0.402. The molecule has 4 aromatic carbocycles. The first kappa shape index (κ1) is 40.5. The molecule has 0 spiro atoms. The molecule has 0 saturated carbocycles. The summed E-state index contributed by atoms with van der Waals surface area (Å²) in [5, 5.41) is 0. The maximum Gasteiger partial charge on any atom is 0.254 e. The Balaban J connectivity index is 1.26. The molecule has 0 N–H and O–H groups in total. The second-order valence-corrected chi connectivity index (χ2v) is 26.3. The lowest BCUT2D eigenvalue weighted by Gasteiger charge is -2.45. The number of fused-ring (bicyclic) bond motifs is 8. The minimum Gasteiger partial charge on any atom is -0.311 e. The Hall–Kier alpha value is -4.31. The van der Waals surface area contributed by atoms with Crippen LogP contribution >= 0.6 is 0 Å². The second kappa shape index (κ2) is 11.7. The smallest absolute Gasteiger partial charge is 0.254 e. The first-order chi connectivity index (χ1) is 28.5. The molecule has 0 amide bonds. The van der Waals surface area contributed by atoms with Gasteiger partial charge in [-0.05, 0) is 179 Å². The lowest BCUT2D eigenvalue weighted by Crippen LogP contribution is -2.62. The van der Waals surface area contributed by atoms with Crippen LogP contribution in [0.3, 0.4) is 0 Å². The quantitative estimate of drug-likeness (QED) is 0.162. The molecule has 0 radical (unpaired) electrons. The van der Waals surface area contributed by atoms with Gasteiger partial charge in [0, 0.05) is 34.1 Å². The third-order valence-corrected chi connectivity index (χ3v) is 17.2. The third kappa shape index (κ3) is 5.28. The van der Waals surface area contributed by atoms with Gasteiger partial charge in [0.25, 0.3) is 6.71 Å². The Kier molecular flexibility index (Phi) is 7.63. The van der Waals surface area contributed by atoms with Crippen molar-refractivity contribution in [2.75, 3.05) is 9.80 Å². The molecule has 3 nitrogen and oxygen atoms in total. The highest BCUT2D eigenvalue weighted by molar-refractivity contribution is 7.00. The molecule has 11 rings (SSSR count). The molecule has 0 fully saturated rings. The number of benzene rings is 4. The highest BCUT2D eigenvalue weighted by Gasteiger charge is 2.52. The van der Waals surface area contributed by atoms with Crippen LogP contribution in [0.4, 0.5) is 34.3 Å². The standard InChI is InChI=1S/C58H70BN3/c1-33-22-48-49-50(60-33)62(35-19-21-37-39(24-35)54(8,9)30-52(37,4)5)47-28-43-41(56(12,13)32-58(43,16)17)26-45(47)59(49)44-25-40-42(57(14,15)31-55(40,10)11)27-46(44)61(48)34-18-20-36-38(23-34)53(6,7)29-51(36,2)3/h18-28H,29-32H2,1-17H3. The summed E-state index contributed by atoms with van der Waals surface area (Å²) in [4.78, 5) is 11.0. The molecule has 62 heavy (non-hydrogen) atoms. The number of hydrogen-bond acceptors (Lipinski definition) is 3. The molecule has 0 saturated heterocycles. The van der Waals surface area contributed by atoms with Crippen molar-refractivity contribution in [3.05, 3.63) is 117 Å². The second-order valence-electron chi connectivity index (χ2n) is 26.3. The van der Waals surface area contributed by atoms with Crippen molar-refractivity contribution < 1.29 is 0 Å². The van der Waals surface area contributed by atoms with Crippen LogP contribution in [0.2, 0.25) is 0 Å². The molecule has 4 heteroatoms. The molecule has 6 aliphatic rings. The number of anilines is 6. The maximum absolute atomic E-state index is 5.70. The van der Waals surface area contributed by atoms with Crippen LogP contribution in [0, 0.1) is 6.92 Å². The maximum atomic E-state index is 5.70. The van der Waals surface area contributed by atoms with E-state index >= 15 is 0 Å². The Morgan fingerprint density at radius 3 is 1.15 bits per heavy atom. The van der Waals surface area contributed by atoms with Gasteiger partial charge in [-0.3, -0.25) is 4.90 Å². The van der Waals surface area contributed by atoms with Crippen molar-refractivity contribution in [3.63, 3.8) is 0 Å². The molecule has 0 atom stereocenters. The van der Waals surface area contributed by atoms with Gasteiger partial charge in [-0.15, -0.1) is 0 Å². The fourth-order valence-corrected chi connectivity index (χ4v) is 15.7. The molecule has 3 heterocycles. The molecule has 1 aromatic heterocycles. The predicted molar refractivity (Wildman–Crippen MR) is 266 cm³/mol. The van der Waals surface area contributed by atoms with Crippen LogP contribution < -0.4 is 26.2 Å². The van der Waals surface area contributed by atoms with Crippen LogP contribution in [0.25, 0.3) is 0 Å². The van der Waals surface area contributed by atoms with Gasteiger partial charge in [-0.25, -0.2) is 4.98 Å². The van der Waals surface area contributed by atoms with Gasteiger partial charge >= 0.3 is 0 Å². The van der Waals surface area contributed by atoms with Gasteiger partial charge in [0.2, 0.25) is 0 Å². The Morgan fingerprint density at radius 2 is 0.726 bits per heavy atom. The van der Waals surface area contributed by atoms with Crippen molar-refractivity contribution in [1.29, 1.82) is 0 Å². The van der Waals surface area contributed by atoms with Crippen molar-refractivity contribution in [2.24, 2.45) is 0 Å². The number of aromatic nitrogens is 1. The minimum atomic E-state index is 0.0369. The minimum absolute atomic E-state index is 0.0369. The number of rotatable bonds is 2. The van der Waals surface area contributed by atoms with Crippen molar-refractivity contribution in [1.82, 2.24) is 4.98 Å². The summed E-state index contributed by atoms with van der Waals surface area (Å²) >= 11 is 0. The van der Waals surface area contributed by atoms with Crippen molar-refractivity contribution in [2.45, 2.75) is 187 Å². The van der Waals surface area contributed by atoms with E-state index in [0.717, 1.165) is 37.2 Å². The van der Waals surface area contributed by atoms with Gasteiger partial charge in [-0.1, -0.05) is 135 Å².